The summed E-state index contributed by atoms with van der Waals surface area (Å²) in [6.45, 7) is -2.90. The van der Waals surface area contributed by atoms with E-state index in [1.54, 1.807) is 5.38 Å². The molecule has 0 unspecified atom stereocenters. The lowest BCUT2D eigenvalue weighted by Crippen LogP contribution is -2.05. The first-order valence-electron chi connectivity index (χ1n) is 5.13. The highest BCUT2D eigenvalue weighted by Crippen LogP contribution is 2.20. The molecule has 0 amide bonds. The molecule has 2 aromatic rings. The Labute approximate surface area is 112 Å². The molecule has 0 atom stereocenters. The second-order valence-electron chi connectivity index (χ2n) is 3.58. The van der Waals surface area contributed by atoms with Crippen LogP contribution in [0.5, 0.6) is 5.75 Å². The molecular formula is C11H9F2NO3S2. The summed E-state index contributed by atoms with van der Waals surface area (Å²) in [5, 5.41) is 1.58. The van der Waals surface area contributed by atoms with Gasteiger partial charge in [-0.2, -0.15) is 8.78 Å². The van der Waals surface area contributed by atoms with Crippen molar-refractivity contribution in [3.8, 4) is 5.75 Å². The number of hydrogen-bond acceptors (Lipinski definition) is 5. The van der Waals surface area contributed by atoms with E-state index in [4.69, 9.17) is 0 Å². The molecule has 0 saturated carbocycles. The molecule has 19 heavy (non-hydrogen) atoms. The van der Waals surface area contributed by atoms with Crippen molar-refractivity contribution in [2.24, 2.45) is 0 Å². The van der Waals surface area contributed by atoms with Crippen LogP contribution in [0.2, 0.25) is 0 Å². The fourth-order valence-electron chi connectivity index (χ4n) is 1.41. The zero-order valence-corrected chi connectivity index (χ0v) is 11.1. The van der Waals surface area contributed by atoms with E-state index < -0.39 is 16.4 Å². The summed E-state index contributed by atoms with van der Waals surface area (Å²) in [6, 6.07) is 5.48. The van der Waals surface area contributed by atoms with E-state index >= 15 is 0 Å². The first-order chi connectivity index (χ1) is 8.97. The van der Waals surface area contributed by atoms with Crippen LogP contribution in [-0.4, -0.2) is 20.0 Å². The lowest BCUT2D eigenvalue weighted by atomic mass is 10.2. The van der Waals surface area contributed by atoms with E-state index in [-0.39, 0.29) is 15.8 Å². The molecular weight excluding hydrogens is 296 g/mol. The number of alkyl halides is 2. The molecule has 0 aliphatic carbocycles. The summed E-state index contributed by atoms with van der Waals surface area (Å²) in [5.41, 5.74) is 0.483. The lowest BCUT2D eigenvalue weighted by Gasteiger charge is -2.05. The smallest absolute Gasteiger partial charge is 0.387 e. The van der Waals surface area contributed by atoms with E-state index in [0.717, 1.165) is 11.3 Å². The first kappa shape index (κ1) is 13.9. The molecule has 4 nitrogen and oxygen atoms in total. The monoisotopic (exact) mass is 305 g/mol. The Morgan fingerprint density at radius 1 is 1.26 bits per heavy atom. The van der Waals surface area contributed by atoms with Gasteiger partial charge in [0.1, 0.15) is 5.75 Å². The van der Waals surface area contributed by atoms with Crippen molar-refractivity contribution in [1.29, 1.82) is 0 Å². The summed E-state index contributed by atoms with van der Waals surface area (Å²) in [4.78, 5) is 3.75. The molecule has 102 valence electrons. The average molecular weight is 305 g/mol. The highest BCUT2D eigenvalue weighted by atomic mass is 32.2. The van der Waals surface area contributed by atoms with E-state index in [1.165, 1.54) is 30.5 Å². The van der Waals surface area contributed by atoms with Gasteiger partial charge in [-0.05, 0) is 17.7 Å². The van der Waals surface area contributed by atoms with Gasteiger partial charge in [0.25, 0.3) is 0 Å². The fourth-order valence-corrected chi connectivity index (χ4v) is 3.68. The highest BCUT2D eigenvalue weighted by Gasteiger charge is 2.18. The Morgan fingerprint density at radius 3 is 2.47 bits per heavy atom. The van der Waals surface area contributed by atoms with Gasteiger partial charge in [-0.25, -0.2) is 13.4 Å². The summed E-state index contributed by atoms with van der Waals surface area (Å²) in [7, 11) is -3.49. The number of thiazole rings is 1. The molecule has 2 rings (SSSR count). The minimum Gasteiger partial charge on any atom is -0.435 e. The van der Waals surface area contributed by atoms with Crippen LogP contribution < -0.4 is 4.74 Å². The second kappa shape index (κ2) is 5.62. The number of sulfone groups is 1. The molecule has 0 fully saturated rings. The second-order valence-corrected chi connectivity index (χ2v) is 6.64. The van der Waals surface area contributed by atoms with Gasteiger partial charge in [0, 0.05) is 11.6 Å². The number of nitrogens with zero attached hydrogens (tertiary/aromatic N) is 1. The Balaban J connectivity index is 2.12. The molecule has 0 radical (unpaired) electrons. The van der Waals surface area contributed by atoms with Gasteiger partial charge in [-0.15, -0.1) is 11.3 Å². The Hall–Kier alpha value is -1.54. The van der Waals surface area contributed by atoms with E-state index in [2.05, 4.69) is 9.72 Å². The molecule has 0 aliphatic heterocycles. The Morgan fingerprint density at radius 2 is 1.95 bits per heavy atom. The topological polar surface area (TPSA) is 56.3 Å². The molecule has 1 aromatic heterocycles. The van der Waals surface area contributed by atoms with E-state index in [0.29, 0.717) is 5.56 Å². The van der Waals surface area contributed by atoms with Gasteiger partial charge in [0.05, 0.1) is 5.75 Å². The van der Waals surface area contributed by atoms with Crippen molar-refractivity contribution < 1.29 is 21.9 Å². The maximum absolute atomic E-state index is 12.0. The Bertz CT molecular complexity index is 624. The van der Waals surface area contributed by atoms with Gasteiger partial charge in [-0.3, -0.25) is 0 Å². The number of aromatic nitrogens is 1. The molecule has 1 aromatic carbocycles. The SMILES string of the molecule is O=S(=O)(Cc1ccc(OC(F)F)cc1)c1nccs1. The molecule has 0 aliphatic rings. The first-order valence-corrected chi connectivity index (χ1v) is 7.66. The molecule has 0 bridgehead atoms. The molecule has 0 N–H and O–H groups in total. The third-order valence-corrected chi connectivity index (χ3v) is 5.15. The quantitative estimate of drug-likeness (QED) is 0.852. The summed E-state index contributed by atoms with van der Waals surface area (Å²) in [5.74, 6) is -0.236. The predicted molar refractivity (Wildman–Crippen MR) is 66.1 cm³/mol. The minimum atomic E-state index is -3.49. The number of hydrogen-bond donors (Lipinski definition) is 0. The molecule has 1 heterocycles. The van der Waals surface area contributed by atoms with E-state index in [1.807, 2.05) is 0 Å². The van der Waals surface area contributed by atoms with Crippen LogP contribution in [0.25, 0.3) is 0 Å². The fraction of sp³-hybridized carbons (Fsp3) is 0.182. The third-order valence-electron chi connectivity index (χ3n) is 2.18. The zero-order valence-electron chi connectivity index (χ0n) is 9.49. The van der Waals surface area contributed by atoms with Crippen LogP contribution in [0.4, 0.5) is 8.78 Å². The highest BCUT2D eigenvalue weighted by molar-refractivity contribution is 7.92. The van der Waals surface area contributed by atoms with Crippen LogP contribution in [0.3, 0.4) is 0 Å². The van der Waals surface area contributed by atoms with Gasteiger partial charge >= 0.3 is 6.61 Å². The number of halogens is 2. The van der Waals surface area contributed by atoms with Crippen LogP contribution in [0.15, 0.2) is 40.2 Å². The normalized spacial score (nSPS) is 11.7. The summed E-state index contributed by atoms with van der Waals surface area (Å²) < 4.78 is 52.0. The summed E-state index contributed by atoms with van der Waals surface area (Å²) >= 11 is 1.04. The lowest BCUT2D eigenvalue weighted by molar-refractivity contribution is -0.0498. The van der Waals surface area contributed by atoms with Crippen LogP contribution in [0, 0.1) is 0 Å². The van der Waals surface area contributed by atoms with Crippen molar-refractivity contribution >= 4 is 21.2 Å². The number of ether oxygens (including phenoxy) is 1. The van der Waals surface area contributed by atoms with Crippen molar-refractivity contribution in [3.05, 3.63) is 41.4 Å². The average Bonchev–Trinajstić information content (AvgIpc) is 2.85. The minimum absolute atomic E-state index is 0.00889. The largest absolute Gasteiger partial charge is 0.435 e. The third kappa shape index (κ3) is 3.71. The van der Waals surface area contributed by atoms with Gasteiger partial charge in [-0.1, -0.05) is 12.1 Å². The van der Waals surface area contributed by atoms with Crippen molar-refractivity contribution in [1.82, 2.24) is 4.98 Å². The standard InChI is InChI=1S/C11H9F2NO3S2/c12-10(13)17-9-3-1-8(2-4-9)7-19(15,16)11-14-5-6-18-11/h1-6,10H,7H2. The summed E-state index contributed by atoms with van der Waals surface area (Å²) in [6.07, 6.45) is 1.41. The van der Waals surface area contributed by atoms with Crippen molar-refractivity contribution in [3.63, 3.8) is 0 Å². The van der Waals surface area contributed by atoms with Crippen LogP contribution >= 0.6 is 11.3 Å². The van der Waals surface area contributed by atoms with Gasteiger partial charge in [0.2, 0.25) is 14.2 Å². The maximum atomic E-state index is 12.0. The number of rotatable bonds is 5. The van der Waals surface area contributed by atoms with E-state index in [9.17, 15) is 17.2 Å². The van der Waals surface area contributed by atoms with Crippen LogP contribution in [-0.2, 0) is 15.6 Å². The predicted octanol–water partition coefficient (Wildman–Crippen LogP) is 2.72. The number of benzene rings is 1. The van der Waals surface area contributed by atoms with Crippen molar-refractivity contribution in [2.75, 3.05) is 0 Å². The van der Waals surface area contributed by atoms with Gasteiger partial charge < -0.3 is 4.74 Å². The molecule has 0 spiro atoms. The maximum Gasteiger partial charge on any atom is 0.387 e. The molecule has 8 heteroatoms. The molecule has 0 saturated heterocycles. The van der Waals surface area contributed by atoms with Gasteiger partial charge in [0.15, 0.2) is 0 Å². The van der Waals surface area contributed by atoms with Crippen molar-refractivity contribution in [2.45, 2.75) is 16.7 Å². The Kier molecular flexibility index (Phi) is 4.11. The zero-order chi connectivity index (χ0) is 13.9. The van der Waals surface area contributed by atoms with Crippen LogP contribution in [0.1, 0.15) is 5.56 Å².